The molecule has 0 unspecified atom stereocenters. The highest BCUT2D eigenvalue weighted by molar-refractivity contribution is 6.23. The van der Waals surface area contributed by atoms with Crippen molar-refractivity contribution >= 4 is 43.4 Å². The Morgan fingerprint density at radius 3 is 1.46 bits per heavy atom. The Labute approximate surface area is 365 Å². The second kappa shape index (κ2) is 15.2. The number of fused-ring (bicyclic) bond motifs is 6. The van der Waals surface area contributed by atoms with Gasteiger partial charge in [-0.05, 0) is 85.8 Å². The molecule has 0 saturated carbocycles. The summed E-state index contributed by atoms with van der Waals surface area (Å²) in [7, 11) is 0. The van der Waals surface area contributed by atoms with Crippen molar-refractivity contribution in [2.24, 2.45) is 0 Å². The van der Waals surface area contributed by atoms with Crippen molar-refractivity contribution < 1.29 is 0 Å². The Balaban J connectivity index is 1.23. The number of rotatable bonds is 7. The highest BCUT2D eigenvalue weighted by atomic mass is 15.0. The summed E-state index contributed by atoms with van der Waals surface area (Å²) in [6.07, 6.45) is 0. The van der Waals surface area contributed by atoms with Gasteiger partial charge in [0.1, 0.15) is 0 Å². The molecule has 0 amide bonds. The minimum atomic E-state index is 0.604. The fraction of sp³-hybridized carbons (Fsp3) is 0. The van der Waals surface area contributed by atoms with Gasteiger partial charge in [-0.15, -0.1) is 0 Å². The maximum Gasteiger partial charge on any atom is 0.164 e. The van der Waals surface area contributed by atoms with E-state index in [4.69, 9.17) is 15.0 Å². The highest BCUT2D eigenvalue weighted by Gasteiger charge is 2.24. The van der Waals surface area contributed by atoms with Crippen molar-refractivity contribution in [3.63, 3.8) is 0 Å². The van der Waals surface area contributed by atoms with E-state index in [0.29, 0.717) is 17.5 Å². The van der Waals surface area contributed by atoms with Gasteiger partial charge in [0.15, 0.2) is 17.5 Å². The molecular weight excluding hydrogens is 765 g/mol. The van der Waals surface area contributed by atoms with Crippen LogP contribution in [0, 0.1) is 0 Å². The van der Waals surface area contributed by atoms with E-state index in [1.807, 2.05) is 36.4 Å². The molecule has 294 valence electrons. The van der Waals surface area contributed by atoms with Crippen LogP contribution >= 0.6 is 0 Å². The SMILES string of the molecule is c1ccc(-c2cccc(-c3cc(-c4nc(-c5ccccc5)nc(-c5ccccc5)n4)c(-c4ccccc4)cc3-n3c4cc5ccccc5cc4c4c5ccccc5ccc43)c2)cc1. The van der Waals surface area contributed by atoms with Crippen LogP contribution in [0.15, 0.2) is 231 Å². The monoisotopic (exact) mass is 802 g/mol. The van der Waals surface area contributed by atoms with Gasteiger partial charge in [-0.1, -0.05) is 194 Å². The van der Waals surface area contributed by atoms with Crippen LogP contribution in [0.3, 0.4) is 0 Å². The van der Waals surface area contributed by atoms with Gasteiger partial charge in [0, 0.05) is 33.0 Å². The molecule has 4 nitrogen and oxygen atoms in total. The minimum absolute atomic E-state index is 0.604. The lowest BCUT2D eigenvalue weighted by Gasteiger charge is -2.20. The molecule has 2 aromatic heterocycles. The predicted octanol–water partition coefficient (Wildman–Crippen LogP) is 15.3. The lowest BCUT2D eigenvalue weighted by Crippen LogP contribution is -2.04. The first kappa shape index (κ1) is 36.4. The molecule has 63 heavy (non-hydrogen) atoms. The van der Waals surface area contributed by atoms with E-state index < -0.39 is 0 Å². The van der Waals surface area contributed by atoms with Crippen LogP contribution in [-0.2, 0) is 0 Å². The normalized spacial score (nSPS) is 11.5. The first-order valence-corrected chi connectivity index (χ1v) is 21.4. The van der Waals surface area contributed by atoms with E-state index in [2.05, 4.69) is 199 Å². The number of nitrogens with zero attached hydrogens (tertiary/aromatic N) is 4. The van der Waals surface area contributed by atoms with Crippen molar-refractivity contribution in [3.05, 3.63) is 231 Å². The molecular formula is C59H38N4. The maximum absolute atomic E-state index is 5.32. The summed E-state index contributed by atoms with van der Waals surface area (Å²) in [6.45, 7) is 0. The highest BCUT2D eigenvalue weighted by Crippen LogP contribution is 2.45. The molecule has 10 aromatic carbocycles. The number of hydrogen-bond donors (Lipinski definition) is 0. The largest absolute Gasteiger partial charge is 0.309 e. The van der Waals surface area contributed by atoms with E-state index in [0.717, 1.165) is 66.8 Å². The van der Waals surface area contributed by atoms with Crippen molar-refractivity contribution in [2.45, 2.75) is 0 Å². The van der Waals surface area contributed by atoms with Crippen molar-refractivity contribution in [1.29, 1.82) is 0 Å². The van der Waals surface area contributed by atoms with Crippen LogP contribution in [0.25, 0.3) is 117 Å². The third-order valence-corrected chi connectivity index (χ3v) is 12.2. The van der Waals surface area contributed by atoms with Crippen LogP contribution in [0.2, 0.25) is 0 Å². The lowest BCUT2D eigenvalue weighted by atomic mass is 9.91. The summed E-state index contributed by atoms with van der Waals surface area (Å²) < 4.78 is 2.49. The minimum Gasteiger partial charge on any atom is -0.309 e. The Hall–Kier alpha value is -8.47. The Morgan fingerprint density at radius 1 is 0.270 bits per heavy atom. The van der Waals surface area contributed by atoms with Crippen molar-refractivity contribution in [2.75, 3.05) is 0 Å². The van der Waals surface area contributed by atoms with Gasteiger partial charge >= 0.3 is 0 Å². The van der Waals surface area contributed by atoms with Gasteiger partial charge in [-0.2, -0.15) is 0 Å². The maximum atomic E-state index is 5.32. The Bertz CT molecular complexity index is 3600. The van der Waals surface area contributed by atoms with E-state index in [1.54, 1.807) is 0 Å². The number of benzene rings is 10. The van der Waals surface area contributed by atoms with E-state index >= 15 is 0 Å². The Kier molecular flexibility index (Phi) is 8.79. The average molecular weight is 803 g/mol. The van der Waals surface area contributed by atoms with Crippen LogP contribution < -0.4 is 0 Å². The summed E-state index contributed by atoms with van der Waals surface area (Å²) in [5.41, 5.74) is 12.7. The quantitative estimate of drug-likeness (QED) is 0.161. The van der Waals surface area contributed by atoms with Crippen LogP contribution in [-0.4, -0.2) is 19.5 Å². The van der Waals surface area contributed by atoms with Crippen LogP contribution in [0.1, 0.15) is 0 Å². The molecule has 0 aliphatic carbocycles. The van der Waals surface area contributed by atoms with Crippen LogP contribution in [0.5, 0.6) is 0 Å². The first-order chi connectivity index (χ1) is 31.2. The third kappa shape index (κ3) is 6.44. The lowest BCUT2D eigenvalue weighted by molar-refractivity contribution is 1.07. The standard InChI is InChI=1S/C59H38N4/c1-5-18-39(19-6-1)44-29-17-30-47(34-44)50-37-51(59-61-57(42-23-9-3-10-24-42)60-58(62-59)43-25-11-4-12-26-43)49(40-20-7-2-8-21-40)38-55(50)63-53-33-32-41-22-15-16-31-48(41)56(53)52-35-45-27-13-14-28-46(45)36-54(52)63/h1-38H. The first-order valence-electron chi connectivity index (χ1n) is 21.4. The topological polar surface area (TPSA) is 43.6 Å². The van der Waals surface area contributed by atoms with E-state index in [9.17, 15) is 0 Å². The fourth-order valence-corrected chi connectivity index (χ4v) is 9.20. The molecule has 0 atom stereocenters. The Morgan fingerprint density at radius 2 is 0.794 bits per heavy atom. The number of aromatic nitrogens is 4. The molecule has 2 heterocycles. The second-order valence-corrected chi connectivity index (χ2v) is 16.0. The van der Waals surface area contributed by atoms with Crippen LogP contribution in [0.4, 0.5) is 0 Å². The summed E-state index contributed by atoms with van der Waals surface area (Å²) in [6, 6.07) is 82.0. The average Bonchev–Trinajstić information content (AvgIpc) is 3.69. The zero-order chi connectivity index (χ0) is 41.7. The summed E-state index contributed by atoms with van der Waals surface area (Å²) in [5.74, 6) is 1.85. The van der Waals surface area contributed by atoms with Gasteiger partial charge in [-0.25, -0.2) is 15.0 Å². The summed E-state index contributed by atoms with van der Waals surface area (Å²) >= 11 is 0. The molecule has 0 aliphatic rings. The van der Waals surface area contributed by atoms with Gasteiger partial charge in [0.2, 0.25) is 0 Å². The van der Waals surface area contributed by atoms with Crippen molar-refractivity contribution in [1.82, 2.24) is 19.5 Å². The molecule has 0 spiro atoms. The smallest absolute Gasteiger partial charge is 0.164 e. The summed E-state index contributed by atoms with van der Waals surface area (Å²) in [4.78, 5) is 15.7. The van der Waals surface area contributed by atoms with E-state index in [-0.39, 0.29) is 0 Å². The van der Waals surface area contributed by atoms with Gasteiger partial charge < -0.3 is 4.57 Å². The van der Waals surface area contributed by atoms with Gasteiger partial charge in [-0.3, -0.25) is 0 Å². The molecule has 0 saturated heterocycles. The molecule has 4 heteroatoms. The van der Waals surface area contributed by atoms with Crippen molar-refractivity contribution in [3.8, 4) is 73.2 Å². The second-order valence-electron chi connectivity index (χ2n) is 16.0. The zero-order valence-electron chi connectivity index (χ0n) is 34.2. The number of hydrogen-bond acceptors (Lipinski definition) is 3. The molecule has 0 N–H and O–H groups in total. The molecule has 12 aromatic rings. The molecule has 12 rings (SSSR count). The molecule has 0 bridgehead atoms. The van der Waals surface area contributed by atoms with Gasteiger partial charge in [0.25, 0.3) is 0 Å². The summed E-state index contributed by atoms with van der Waals surface area (Å²) in [5, 5.41) is 7.30. The van der Waals surface area contributed by atoms with E-state index in [1.165, 1.54) is 32.3 Å². The third-order valence-electron chi connectivity index (χ3n) is 12.2. The fourth-order valence-electron chi connectivity index (χ4n) is 9.20. The predicted molar refractivity (Wildman–Crippen MR) is 262 cm³/mol. The van der Waals surface area contributed by atoms with Gasteiger partial charge in [0.05, 0.1) is 16.7 Å². The molecule has 0 aliphatic heterocycles. The molecule has 0 fully saturated rings. The zero-order valence-corrected chi connectivity index (χ0v) is 34.2. The molecule has 0 radical (unpaired) electrons.